The summed E-state index contributed by atoms with van der Waals surface area (Å²) in [5.41, 5.74) is 0.971. The quantitative estimate of drug-likeness (QED) is 0.197. The summed E-state index contributed by atoms with van der Waals surface area (Å²) in [4.78, 5) is 44.2. The van der Waals surface area contributed by atoms with Gasteiger partial charge in [-0.3, -0.25) is 19.5 Å². The Kier molecular flexibility index (Phi) is 6.84. The topological polar surface area (TPSA) is 122 Å². The number of nitro benzene ring substituents is 1. The minimum atomic E-state index is -0.776. The number of nitro groups is 1. The van der Waals surface area contributed by atoms with E-state index in [1.54, 1.807) is 32.5 Å². The Morgan fingerprint density at radius 1 is 1.26 bits per heavy atom. The number of aromatic nitrogens is 1. The zero-order chi connectivity index (χ0) is 27.1. The van der Waals surface area contributed by atoms with Gasteiger partial charge in [0.25, 0.3) is 11.2 Å². The Morgan fingerprint density at radius 2 is 1.95 bits per heavy atom. The van der Waals surface area contributed by atoms with E-state index in [1.165, 1.54) is 22.8 Å². The van der Waals surface area contributed by atoms with Crippen LogP contribution in [0.25, 0.3) is 6.08 Å². The van der Waals surface area contributed by atoms with Gasteiger partial charge in [-0.15, -0.1) is 11.8 Å². The molecule has 0 saturated heterocycles. The van der Waals surface area contributed by atoms with Crippen molar-refractivity contribution in [3.05, 3.63) is 88.6 Å². The monoisotopic (exact) mass is 553 g/mol. The number of esters is 1. The second-order valence-corrected chi connectivity index (χ2v) is 10.7. The van der Waals surface area contributed by atoms with Crippen molar-refractivity contribution < 1.29 is 23.9 Å². The van der Waals surface area contributed by atoms with E-state index >= 15 is 0 Å². The van der Waals surface area contributed by atoms with Crippen LogP contribution in [0, 0.1) is 10.1 Å². The van der Waals surface area contributed by atoms with Crippen LogP contribution in [-0.4, -0.2) is 34.6 Å². The average Bonchev–Trinajstić information content (AvgIpc) is 3.45. The first-order valence-corrected chi connectivity index (χ1v) is 13.7. The van der Waals surface area contributed by atoms with Crippen molar-refractivity contribution >= 4 is 40.8 Å². The summed E-state index contributed by atoms with van der Waals surface area (Å²) in [5.74, 6) is 0.0739. The fourth-order valence-electron chi connectivity index (χ4n) is 4.32. The third-order valence-electron chi connectivity index (χ3n) is 6.02. The molecule has 3 aromatic rings. The second-order valence-electron chi connectivity index (χ2n) is 8.83. The summed E-state index contributed by atoms with van der Waals surface area (Å²) in [7, 11) is 0. The molecule has 196 valence electrons. The van der Waals surface area contributed by atoms with Gasteiger partial charge >= 0.3 is 5.97 Å². The van der Waals surface area contributed by atoms with Gasteiger partial charge in [-0.05, 0) is 56.9 Å². The maximum atomic E-state index is 13.8. The molecule has 38 heavy (non-hydrogen) atoms. The van der Waals surface area contributed by atoms with Gasteiger partial charge in [0.05, 0.1) is 44.5 Å². The molecule has 2 aromatic carbocycles. The zero-order valence-corrected chi connectivity index (χ0v) is 22.6. The summed E-state index contributed by atoms with van der Waals surface area (Å²) >= 11 is 2.67. The molecular weight excluding hydrogens is 530 g/mol. The van der Waals surface area contributed by atoms with Crippen LogP contribution in [0.1, 0.15) is 37.9 Å². The first kappa shape index (κ1) is 25.7. The van der Waals surface area contributed by atoms with Crippen molar-refractivity contribution in [1.29, 1.82) is 0 Å². The van der Waals surface area contributed by atoms with Crippen LogP contribution in [0.2, 0.25) is 0 Å². The van der Waals surface area contributed by atoms with Crippen LogP contribution in [0.15, 0.2) is 62.4 Å². The van der Waals surface area contributed by atoms with Crippen LogP contribution < -0.4 is 24.4 Å². The molecule has 0 unspecified atom stereocenters. The summed E-state index contributed by atoms with van der Waals surface area (Å²) in [6.45, 7) is 5.18. The van der Waals surface area contributed by atoms with E-state index in [2.05, 4.69) is 4.99 Å². The first-order valence-electron chi connectivity index (χ1n) is 11.6. The molecule has 1 aromatic heterocycles. The number of carbonyl (C=O) groups excluding carboxylic acids is 1. The van der Waals surface area contributed by atoms with E-state index in [0.717, 1.165) is 21.8 Å². The van der Waals surface area contributed by atoms with Gasteiger partial charge < -0.3 is 14.2 Å². The molecule has 3 heterocycles. The molecule has 0 spiro atoms. The summed E-state index contributed by atoms with van der Waals surface area (Å²) < 4.78 is 17.8. The molecule has 0 radical (unpaired) electrons. The summed E-state index contributed by atoms with van der Waals surface area (Å²) in [6, 6.07) is 9.58. The standard InChI is InChI=1S/C26H23N3O7S2/c1-13(2)36-25(31)22-14(3)27-26-28(23(22)15-5-7-17(37-4)8-6-15)24(30)21(38-26)10-16-9-19-20(35-12-34-19)11-18(16)29(32)33/h5-11,13,23H,12H2,1-4H3/b21-10-/t23-/m1/s1. The fourth-order valence-corrected chi connectivity index (χ4v) is 5.77. The lowest BCUT2D eigenvalue weighted by Crippen LogP contribution is -2.40. The Hall–Kier alpha value is -3.90. The largest absolute Gasteiger partial charge is 0.459 e. The maximum absolute atomic E-state index is 13.8. The van der Waals surface area contributed by atoms with Crippen molar-refractivity contribution in [3.8, 4) is 11.5 Å². The molecule has 10 nitrogen and oxygen atoms in total. The Bertz CT molecular complexity index is 1670. The van der Waals surface area contributed by atoms with Crippen molar-refractivity contribution in [2.45, 2.75) is 37.8 Å². The second kappa shape index (κ2) is 10.1. The molecule has 0 amide bonds. The predicted molar refractivity (Wildman–Crippen MR) is 142 cm³/mol. The molecule has 0 aliphatic carbocycles. The molecule has 1 atom stereocenters. The highest BCUT2D eigenvalue weighted by Gasteiger charge is 2.34. The zero-order valence-electron chi connectivity index (χ0n) is 20.9. The van der Waals surface area contributed by atoms with E-state index < -0.39 is 22.5 Å². The van der Waals surface area contributed by atoms with Crippen molar-refractivity contribution in [1.82, 2.24) is 4.57 Å². The van der Waals surface area contributed by atoms with E-state index in [4.69, 9.17) is 14.2 Å². The molecule has 2 aliphatic heterocycles. The lowest BCUT2D eigenvalue weighted by molar-refractivity contribution is -0.385. The Labute approximate surface area is 225 Å². The summed E-state index contributed by atoms with van der Waals surface area (Å²) in [6.07, 6.45) is 3.05. The van der Waals surface area contributed by atoms with Crippen LogP contribution in [0.4, 0.5) is 5.69 Å². The number of ether oxygens (including phenoxy) is 3. The fraction of sp³-hybridized carbons (Fsp3) is 0.269. The van der Waals surface area contributed by atoms with Crippen LogP contribution in [-0.2, 0) is 9.53 Å². The molecule has 5 rings (SSSR count). The van der Waals surface area contributed by atoms with E-state index in [0.29, 0.717) is 16.2 Å². The molecule has 2 aliphatic rings. The predicted octanol–water partition coefficient (Wildman–Crippen LogP) is 3.55. The minimum absolute atomic E-state index is 0.0397. The number of carbonyl (C=O) groups is 1. The van der Waals surface area contributed by atoms with Crippen LogP contribution in [0.3, 0.4) is 0 Å². The van der Waals surface area contributed by atoms with Gasteiger partial charge in [0.15, 0.2) is 16.3 Å². The van der Waals surface area contributed by atoms with E-state index in [9.17, 15) is 19.7 Å². The van der Waals surface area contributed by atoms with Gasteiger partial charge in [0, 0.05) is 4.90 Å². The average molecular weight is 554 g/mol. The number of nitrogens with zero attached hydrogens (tertiary/aromatic N) is 3. The Morgan fingerprint density at radius 3 is 2.58 bits per heavy atom. The van der Waals surface area contributed by atoms with Crippen molar-refractivity contribution in [3.63, 3.8) is 0 Å². The number of thioether (sulfide) groups is 1. The molecule has 0 bridgehead atoms. The normalized spacial score (nSPS) is 16.4. The van der Waals surface area contributed by atoms with E-state index in [-0.39, 0.29) is 40.0 Å². The molecular formula is C26H23N3O7S2. The maximum Gasteiger partial charge on any atom is 0.338 e. The molecule has 12 heteroatoms. The molecule has 0 fully saturated rings. The van der Waals surface area contributed by atoms with Gasteiger partial charge in [-0.2, -0.15) is 0 Å². The minimum Gasteiger partial charge on any atom is -0.459 e. The number of rotatable bonds is 6. The van der Waals surface area contributed by atoms with Gasteiger partial charge in [0.1, 0.15) is 0 Å². The molecule has 0 saturated carbocycles. The van der Waals surface area contributed by atoms with Gasteiger partial charge in [0.2, 0.25) is 6.79 Å². The lowest BCUT2D eigenvalue weighted by Gasteiger charge is -2.25. The number of allylic oxidation sites excluding steroid dienone is 1. The van der Waals surface area contributed by atoms with Crippen molar-refractivity contribution in [2.24, 2.45) is 4.99 Å². The molecule has 0 N–H and O–H groups in total. The highest BCUT2D eigenvalue weighted by Crippen LogP contribution is 2.38. The number of fused-ring (bicyclic) bond motifs is 2. The van der Waals surface area contributed by atoms with Gasteiger partial charge in [-0.25, -0.2) is 9.79 Å². The lowest BCUT2D eigenvalue weighted by atomic mass is 9.96. The van der Waals surface area contributed by atoms with Crippen LogP contribution in [0.5, 0.6) is 11.5 Å². The third-order valence-corrected chi connectivity index (χ3v) is 7.75. The SMILES string of the molecule is CSc1ccc([C@@H]2C(C(=O)OC(C)C)=C(C)N=c3s/c(=C\c4cc5c(cc4[N+](=O)[O-])OCO5)c(=O)n32)cc1. The highest BCUT2D eigenvalue weighted by atomic mass is 32.2. The van der Waals surface area contributed by atoms with Crippen molar-refractivity contribution in [2.75, 3.05) is 13.0 Å². The number of hydrogen-bond donors (Lipinski definition) is 0. The number of hydrogen-bond acceptors (Lipinski definition) is 10. The van der Waals surface area contributed by atoms with Crippen LogP contribution >= 0.6 is 23.1 Å². The number of thiazole rings is 1. The Balaban J connectivity index is 1.72. The third kappa shape index (κ3) is 4.61. The highest BCUT2D eigenvalue weighted by molar-refractivity contribution is 7.98. The summed E-state index contributed by atoms with van der Waals surface area (Å²) in [5, 5.41) is 11.8. The first-order chi connectivity index (χ1) is 18.2. The van der Waals surface area contributed by atoms with Gasteiger partial charge in [-0.1, -0.05) is 23.5 Å². The number of benzene rings is 2. The van der Waals surface area contributed by atoms with E-state index in [1.807, 2.05) is 30.5 Å². The smallest absolute Gasteiger partial charge is 0.338 e.